The lowest BCUT2D eigenvalue weighted by Crippen LogP contribution is -2.19. The Morgan fingerprint density at radius 3 is 2.40 bits per heavy atom. The van der Waals surface area contributed by atoms with E-state index >= 15 is 0 Å². The Kier molecular flexibility index (Phi) is 4.50. The molecule has 1 aromatic carbocycles. The van der Waals surface area contributed by atoms with Gasteiger partial charge in [-0.15, -0.1) is 0 Å². The molecule has 0 aliphatic carbocycles. The molecular formula is C13H18FN. The number of rotatable bonds is 4. The summed E-state index contributed by atoms with van der Waals surface area (Å²) in [4.78, 5) is 0. The van der Waals surface area contributed by atoms with Crippen molar-refractivity contribution in [1.82, 2.24) is 5.32 Å². The Morgan fingerprint density at radius 2 is 1.93 bits per heavy atom. The van der Waals surface area contributed by atoms with E-state index < -0.39 is 0 Å². The number of likely N-dealkylation sites (N-methyl/N-ethyl adjacent to an activating group) is 1. The molecule has 0 saturated heterocycles. The topological polar surface area (TPSA) is 12.0 Å². The monoisotopic (exact) mass is 207 g/mol. The lowest BCUT2D eigenvalue weighted by Gasteiger charge is -2.15. The zero-order valence-electron chi connectivity index (χ0n) is 9.55. The van der Waals surface area contributed by atoms with Crippen LogP contribution in [0.5, 0.6) is 0 Å². The van der Waals surface area contributed by atoms with E-state index in [4.69, 9.17) is 0 Å². The van der Waals surface area contributed by atoms with E-state index in [2.05, 4.69) is 32.2 Å². The van der Waals surface area contributed by atoms with E-state index in [1.165, 1.54) is 17.7 Å². The Hall–Kier alpha value is -1.15. The first-order valence-corrected chi connectivity index (χ1v) is 5.27. The Balaban J connectivity index is 2.88. The van der Waals surface area contributed by atoms with Crippen molar-refractivity contribution in [2.24, 2.45) is 0 Å². The van der Waals surface area contributed by atoms with Gasteiger partial charge in [0.2, 0.25) is 0 Å². The maximum absolute atomic E-state index is 12.8. The van der Waals surface area contributed by atoms with Gasteiger partial charge in [-0.2, -0.15) is 0 Å². The van der Waals surface area contributed by atoms with Gasteiger partial charge in [-0.05, 0) is 38.1 Å². The first-order chi connectivity index (χ1) is 7.13. The third-order valence-electron chi connectivity index (χ3n) is 2.15. The highest BCUT2D eigenvalue weighted by Gasteiger charge is 2.06. The van der Waals surface area contributed by atoms with Crippen molar-refractivity contribution >= 4 is 0 Å². The predicted molar refractivity (Wildman–Crippen MR) is 62.2 cm³/mol. The minimum Gasteiger partial charge on any atom is -0.307 e. The molecule has 82 valence electrons. The average Bonchev–Trinajstić information content (AvgIpc) is 2.17. The van der Waals surface area contributed by atoms with Gasteiger partial charge < -0.3 is 5.32 Å². The van der Waals surface area contributed by atoms with Crippen LogP contribution in [0.1, 0.15) is 32.4 Å². The number of benzene rings is 1. The van der Waals surface area contributed by atoms with Gasteiger partial charge in [-0.3, -0.25) is 0 Å². The van der Waals surface area contributed by atoms with Gasteiger partial charge >= 0.3 is 0 Å². The van der Waals surface area contributed by atoms with E-state index in [1.54, 1.807) is 0 Å². The van der Waals surface area contributed by atoms with Crippen LogP contribution in [-0.4, -0.2) is 6.54 Å². The van der Waals surface area contributed by atoms with Gasteiger partial charge in [0.25, 0.3) is 0 Å². The smallest absolute Gasteiger partial charge is 0.123 e. The van der Waals surface area contributed by atoms with Gasteiger partial charge in [0.1, 0.15) is 5.82 Å². The van der Waals surface area contributed by atoms with E-state index in [0.29, 0.717) is 0 Å². The van der Waals surface area contributed by atoms with Crippen LogP contribution in [0.2, 0.25) is 0 Å². The van der Waals surface area contributed by atoms with Crippen molar-refractivity contribution < 1.29 is 4.39 Å². The lowest BCUT2D eigenvalue weighted by atomic mass is 10.0. The van der Waals surface area contributed by atoms with E-state index in [1.807, 2.05) is 12.1 Å². The molecule has 1 aromatic rings. The Morgan fingerprint density at radius 1 is 1.33 bits per heavy atom. The predicted octanol–water partition coefficient (Wildman–Crippen LogP) is 3.44. The van der Waals surface area contributed by atoms with Crippen LogP contribution in [0.15, 0.2) is 35.9 Å². The number of halogens is 1. The fourth-order valence-electron chi connectivity index (χ4n) is 1.50. The molecule has 1 atom stereocenters. The first-order valence-electron chi connectivity index (χ1n) is 5.27. The highest BCUT2D eigenvalue weighted by molar-refractivity contribution is 5.24. The number of hydrogen-bond donors (Lipinski definition) is 1. The Labute approximate surface area is 91.0 Å². The van der Waals surface area contributed by atoms with Crippen LogP contribution >= 0.6 is 0 Å². The summed E-state index contributed by atoms with van der Waals surface area (Å²) in [6.45, 7) is 7.09. The van der Waals surface area contributed by atoms with Gasteiger partial charge in [-0.25, -0.2) is 4.39 Å². The summed E-state index contributed by atoms with van der Waals surface area (Å²) in [6, 6.07) is 6.82. The third-order valence-corrected chi connectivity index (χ3v) is 2.15. The maximum atomic E-state index is 12.8. The SMILES string of the molecule is CCNC(C=C(C)C)c1ccc(F)cc1. The quantitative estimate of drug-likeness (QED) is 0.746. The molecule has 0 fully saturated rings. The van der Waals surface area contributed by atoms with Crippen LogP contribution in [0, 0.1) is 5.82 Å². The van der Waals surface area contributed by atoms with Crippen molar-refractivity contribution in [2.75, 3.05) is 6.54 Å². The molecule has 1 unspecified atom stereocenters. The molecule has 0 aliphatic rings. The molecule has 1 nitrogen and oxygen atoms in total. The van der Waals surface area contributed by atoms with Gasteiger partial charge in [0.15, 0.2) is 0 Å². The standard InChI is InChI=1S/C13H18FN/c1-4-15-13(9-10(2)3)11-5-7-12(14)8-6-11/h5-9,13,15H,4H2,1-3H3. The zero-order chi connectivity index (χ0) is 11.3. The number of allylic oxidation sites excluding steroid dienone is 1. The van der Waals surface area contributed by atoms with Crippen LogP contribution in [0.3, 0.4) is 0 Å². The molecule has 1 N–H and O–H groups in total. The van der Waals surface area contributed by atoms with Crippen molar-refractivity contribution in [3.8, 4) is 0 Å². The normalized spacial score (nSPS) is 12.3. The lowest BCUT2D eigenvalue weighted by molar-refractivity contribution is 0.618. The molecule has 0 aromatic heterocycles. The molecule has 0 radical (unpaired) electrons. The van der Waals surface area contributed by atoms with Gasteiger partial charge in [0, 0.05) is 0 Å². The summed E-state index contributed by atoms with van der Waals surface area (Å²) in [5.41, 5.74) is 2.35. The molecule has 0 bridgehead atoms. The van der Waals surface area contributed by atoms with Gasteiger partial charge in [0.05, 0.1) is 6.04 Å². The fraction of sp³-hybridized carbons (Fsp3) is 0.385. The molecule has 0 heterocycles. The minimum absolute atomic E-state index is 0.181. The van der Waals surface area contributed by atoms with Crippen molar-refractivity contribution in [1.29, 1.82) is 0 Å². The summed E-state index contributed by atoms with van der Waals surface area (Å²) >= 11 is 0. The molecule has 0 spiro atoms. The van der Waals surface area contributed by atoms with Crippen LogP contribution in [-0.2, 0) is 0 Å². The molecule has 15 heavy (non-hydrogen) atoms. The van der Waals surface area contributed by atoms with E-state index in [9.17, 15) is 4.39 Å². The molecule has 0 amide bonds. The highest BCUT2D eigenvalue weighted by Crippen LogP contribution is 2.16. The largest absolute Gasteiger partial charge is 0.307 e. The molecule has 0 aliphatic heterocycles. The second-order valence-electron chi connectivity index (χ2n) is 3.83. The highest BCUT2D eigenvalue weighted by atomic mass is 19.1. The summed E-state index contributed by atoms with van der Waals surface area (Å²) < 4.78 is 12.8. The molecule has 0 saturated carbocycles. The Bertz CT molecular complexity index is 323. The first kappa shape index (κ1) is 11.9. The third kappa shape index (κ3) is 3.84. The van der Waals surface area contributed by atoms with Crippen molar-refractivity contribution in [2.45, 2.75) is 26.8 Å². The summed E-state index contributed by atoms with van der Waals surface area (Å²) in [5, 5.41) is 3.35. The summed E-state index contributed by atoms with van der Waals surface area (Å²) in [7, 11) is 0. The maximum Gasteiger partial charge on any atom is 0.123 e. The van der Waals surface area contributed by atoms with Crippen LogP contribution in [0.25, 0.3) is 0 Å². The van der Waals surface area contributed by atoms with Crippen LogP contribution in [0.4, 0.5) is 4.39 Å². The minimum atomic E-state index is -0.189. The summed E-state index contributed by atoms with van der Waals surface area (Å²) in [6.07, 6.45) is 2.15. The van der Waals surface area contributed by atoms with Crippen molar-refractivity contribution in [3.63, 3.8) is 0 Å². The zero-order valence-corrected chi connectivity index (χ0v) is 9.55. The van der Waals surface area contributed by atoms with Crippen molar-refractivity contribution in [3.05, 3.63) is 47.3 Å². The second-order valence-corrected chi connectivity index (χ2v) is 3.83. The molecular weight excluding hydrogens is 189 g/mol. The van der Waals surface area contributed by atoms with Gasteiger partial charge in [-0.1, -0.05) is 30.7 Å². The molecule has 1 rings (SSSR count). The molecule has 2 heteroatoms. The number of nitrogens with one attached hydrogen (secondary N) is 1. The van der Waals surface area contributed by atoms with E-state index in [-0.39, 0.29) is 11.9 Å². The van der Waals surface area contributed by atoms with Crippen LogP contribution < -0.4 is 5.32 Å². The average molecular weight is 207 g/mol. The fourth-order valence-corrected chi connectivity index (χ4v) is 1.50. The van der Waals surface area contributed by atoms with E-state index in [0.717, 1.165) is 12.1 Å². The number of hydrogen-bond acceptors (Lipinski definition) is 1. The summed E-state index contributed by atoms with van der Waals surface area (Å²) in [5.74, 6) is -0.189. The second kappa shape index (κ2) is 5.66.